The maximum atomic E-state index is 12.8. The third-order valence-electron chi connectivity index (χ3n) is 4.61. The van der Waals surface area contributed by atoms with Gasteiger partial charge in [0, 0.05) is 38.2 Å². The van der Waals surface area contributed by atoms with Gasteiger partial charge in [0.15, 0.2) is 11.5 Å². The molecular formula is C18H22N4O4. The third-order valence-corrected chi connectivity index (χ3v) is 4.61. The van der Waals surface area contributed by atoms with E-state index in [0.717, 1.165) is 25.8 Å². The van der Waals surface area contributed by atoms with Crippen LogP contribution in [0.1, 0.15) is 36.0 Å². The Morgan fingerprint density at radius 1 is 1.15 bits per heavy atom. The number of nitrogens with zero attached hydrogens (tertiary/aromatic N) is 4. The van der Waals surface area contributed by atoms with Gasteiger partial charge in [0.2, 0.25) is 12.7 Å². The van der Waals surface area contributed by atoms with Crippen LogP contribution in [0.25, 0.3) is 0 Å². The lowest BCUT2D eigenvalue weighted by Crippen LogP contribution is -2.35. The summed E-state index contributed by atoms with van der Waals surface area (Å²) in [6.45, 7) is 5.08. The molecular weight excluding hydrogens is 336 g/mol. The van der Waals surface area contributed by atoms with E-state index in [9.17, 15) is 4.79 Å². The molecule has 1 saturated heterocycles. The third kappa shape index (κ3) is 3.31. The summed E-state index contributed by atoms with van der Waals surface area (Å²) in [6, 6.07) is 5.33. The number of ether oxygens (including phenoxy) is 2. The van der Waals surface area contributed by atoms with Gasteiger partial charge in [0.05, 0.1) is 0 Å². The Morgan fingerprint density at radius 2 is 2.04 bits per heavy atom. The largest absolute Gasteiger partial charge is 0.454 e. The van der Waals surface area contributed by atoms with Crippen molar-refractivity contribution in [3.05, 3.63) is 29.7 Å². The van der Waals surface area contributed by atoms with Crippen LogP contribution in [0, 0.1) is 0 Å². The van der Waals surface area contributed by atoms with Crippen molar-refractivity contribution in [2.75, 3.05) is 37.9 Å². The van der Waals surface area contributed by atoms with Crippen LogP contribution in [0.15, 0.2) is 22.7 Å². The Morgan fingerprint density at radius 3 is 2.92 bits per heavy atom. The highest BCUT2D eigenvalue weighted by atomic mass is 16.7. The van der Waals surface area contributed by atoms with Gasteiger partial charge in [-0.05, 0) is 36.2 Å². The first-order valence-corrected chi connectivity index (χ1v) is 9.01. The number of hydrogen-bond donors (Lipinski definition) is 0. The van der Waals surface area contributed by atoms with Crippen molar-refractivity contribution in [2.45, 2.75) is 26.2 Å². The Hall–Kier alpha value is -2.77. The highest BCUT2D eigenvalue weighted by molar-refractivity contribution is 5.95. The maximum Gasteiger partial charge on any atom is 0.266 e. The second-order valence-corrected chi connectivity index (χ2v) is 6.44. The predicted molar refractivity (Wildman–Crippen MR) is 93.6 cm³/mol. The molecule has 2 aromatic rings. The molecule has 2 aliphatic heterocycles. The normalized spacial score (nSPS) is 16.7. The molecule has 0 radical (unpaired) electrons. The minimum atomic E-state index is 0.00457. The lowest BCUT2D eigenvalue weighted by Gasteiger charge is -2.21. The smallest absolute Gasteiger partial charge is 0.266 e. The molecule has 26 heavy (non-hydrogen) atoms. The molecule has 0 bridgehead atoms. The number of aromatic nitrogens is 2. The molecule has 1 fully saturated rings. The average Bonchev–Trinajstić information content (AvgIpc) is 3.24. The highest BCUT2D eigenvalue weighted by Gasteiger charge is 2.24. The first-order valence-electron chi connectivity index (χ1n) is 9.01. The first kappa shape index (κ1) is 16.7. The van der Waals surface area contributed by atoms with Crippen LogP contribution in [-0.2, 0) is 6.42 Å². The number of hydrogen-bond acceptors (Lipinski definition) is 7. The molecule has 0 saturated carbocycles. The molecule has 1 aromatic heterocycles. The Kier molecular flexibility index (Phi) is 4.64. The number of anilines is 1. The number of carbonyl (C=O) groups excluding carboxylic acids is 1. The molecule has 0 atom stereocenters. The number of aryl methyl sites for hydroxylation is 1. The molecule has 1 amide bonds. The van der Waals surface area contributed by atoms with E-state index in [2.05, 4.69) is 22.0 Å². The molecule has 3 heterocycles. The van der Waals surface area contributed by atoms with Crippen LogP contribution in [0.5, 0.6) is 11.5 Å². The van der Waals surface area contributed by atoms with Crippen LogP contribution < -0.4 is 14.4 Å². The summed E-state index contributed by atoms with van der Waals surface area (Å²) in [5.41, 5.74) is 0.618. The van der Waals surface area contributed by atoms with Gasteiger partial charge >= 0.3 is 0 Å². The van der Waals surface area contributed by atoms with E-state index in [1.807, 2.05) is 4.90 Å². The van der Waals surface area contributed by atoms with Crippen molar-refractivity contribution >= 4 is 11.9 Å². The first-order chi connectivity index (χ1) is 12.7. The monoisotopic (exact) mass is 358 g/mol. The maximum absolute atomic E-state index is 12.8. The summed E-state index contributed by atoms with van der Waals surface area (Å²) < 4.78 is 16.0. The summed E-state index contributed by atoms with van der Waals surface area (Å²) in [5, 5.41) is 4.07. The van der Waals surface area contributed by atoms with Crippen molar-refractivity contribution in [3.63, 3.8) is 0 Å². The van der Waals surface area contributed by atoms with E-state index in [1.54, 1.807) is 18.2 Å². The number of fused-ring (bicyclic) bond motifs is 1. The molecule has 0 N–H and O–H groups in total. The molecule has 0 spiro atoms. The van der Waals surface area contributed by atoms with Gasteiger partial charge in [-0.2, -0.15) is 4.98 Å². The van der Waals surface area contributed by atoms with Crippen molar-refractivity contribution in [3.8, 4) is 11.5 Å². The summed E-state index contributed by atoms with van der Waals surface area (Å²) in [4.78, 5) is 21.2. The highest BCUT2D eigenvalue weighted by Crippen LogP contribution is 2.32. The minimum Gasteiger partial charge on any atom is -0.454 e. The van der Waals surface area contributed by atoms with Crippen molar-refractivity contribution in [2.24, 2.45) is 0 Å². The fourth-order valence-electron chi connectivity index (χ4n) is 3.22. The minimum absolute atomic E-state index is 0.00457. The van der Waals surface area contributed by atoms with E-state index in [-0.39, 0.29) is 12.7 Å². The zero-order chi connectivity index (χ0) is 17.9. The summed E-state index contributed by atoms with van der Waals surface area (Å²) >= 11 is 0. The summed E-state index contributed by atoms with van der Waals surface area (Å²) in [7, 11) is 0. The number of rotatable bonds is 4. The van der Waals surface area contributed by atoms with Crippen LogP contribution in [0.4, 0.5) is 5.95 Å². The Labute approximate surface area is 151 Å². The van der Waals surface area contributed by atoms with Gasteiger partial charge in [0.1, 0.15) is 0 Å². The Bertz CT molecular complexity index is 791. The van der Waals surface area contributed by atoms with Gasteiger partial charge in [-0.3, -0.25) is 4.79 Å². The van der Waals surface area contributed by atoms with Crippen molar-refractivity contribution < 1.29 is 18.8 Å². The second-order valence-electron chi connectivity index (χ2n) is 6.44. The van der Waals surface area contributed by atoms with Crippen LogP contribution in [0.3, 0.4) is 0 Å². The average molecular weight is 358 g/mol. The molecule has 8 heteroatoms. The van der Waals surface area contributed by atoms with Crippen molar-refractivity contribution in [1.29, 1.82) is 0 Å². The molecule has 0 aliphatic carbocycles. The second kappa shape index (κ2) is 7.23. The van der Waals surface area contributed by atoms with E-state index >= 15 is 0 Å². The predicted octanol–water partition coefficient (Wildman–Crippen LogP) is 2.10. The standard InChI is InChI=1S/C18H22N4O4/c1-2-4-16-19-18(20-26-16)22-8-3-7-21(9-10-22)17(23)13-5-6-14-15(11-13)25-12-24-14/h5-6,11H,2-4,7-10,12H2,1H3. The zero-order valence-corrected chi connectivity index (χ0v) is 14.8. The zero-order valence-electron chi connectivity index (χ0n) is 14.8. The van der Waals surface area contributed by atoms with Gasteiger partial charge in [-0.25, -0.2) is 0 Å². The molecule has 1 aromatic carbocycles. The number of benzene rings is 1. The number of amides is 1. The van der Waals surface area contributed by atoms with E-state index < -0.39 is 0 Å². The van der Waals surface area contributed by atoms with Crippen molar-refractivity contribution in [1.82, 2.24) is 15.0 Å². The molecule has 2 aliphatic rings. The lowest BCUT2D eigenvalue weighted by atomic mass is 10.1. The van der Waals surface area contributed by atoms with E-state index in [0.29, 0.717) is 48.5 Å². The Balaban J connectivity index is 1.42. The topological polar surface area (TPSA) is 80.9 Å². The van der Waals surface area contributed by atoms with Gasteiger partial charge in [-0.1, -0.05) is 6.92 Å². The number of carbonyl (C=O) groups is 1. The molecule has 0 unspecified atom stereocenters. The van der Waals surface area contributed by atoms with Gasteiger partial charge in [0.25, 0.3) is 11.9 Å². The SMILES string of the molecule is CCCc1nc(N2CCCN(C(=O)c3ccc4c(c3)OCO4)CC2)no1. The fraction of sp³-hybridized carbons (Fsp3) is 0.500. The molecule has 4 rings (SSSR count). The van der Waals surface area contributed by atoms with Gasteiger partial charge in [-0.15, -0.1) is 0 Å². The van der Waals surface area contributed by atoms with Crippen LogP contribution >= 0.6 is 0 Å². The quantitative estimate of drug-likeness (QED) is 0.828. The fourth-order valence-corrected chi connectivity index (χ4v) is 3.22. The van der Waals surface area contributed by atoms with E-state index in [1.165, 1.54) is 0 Å². The van der Waals surface area contributed by atoms with Gasteiger partial charge < -0.3 is 23.8 Å². The molecule has 138 valence electrons. The lowest BCUT2D eigenvalue weighted by molar-refractivity contribution is 0.0766. The van der Waals surface area contributed by atoms with Crippen LogP contribution in [-0.4, -0.2) is 53.9 Å². The summed E-state index contributed by atoms with van der Waals surface area (Å²) in [5.74, 6) is 2.60. The molecule has 8 nitrogen and oxygen atoms in total. The van der Waals surface area contributed by atoms with E-state index in [4.69, 9.17) is 14.0 Å². The van der Waals surface area contributed by atoms with Crippen LogP contribution in [0.2, 0.25) is 0 Å². The summed E-state index contributed by atoms with van der Waals surface area (Å²) in [6.07, 6.45) is 2.61.